The maximum Gasteiger partial charge on any atom is 0.330 e. The van der Waals surface area contributed by atoms with Crippen LogP contribution in [0.15, 0.2) is 23.8 Å². The second-order valence-electron chi connectivity index (χ2n) is 2.36. The fourth-order valence-corrected chi connectivity index (χ4v) is 0.123. The fourth-order valence-electron chi connectivity index (χ4n) is 0.123. The summed E-state index contributed by atoms with van der Waals surface area (Å²) in [4.78, 5) is 19.5. The van der Waals surface area contributed by atoms with Crippen molar-refractivity contribution in [3.63, 3.8) is 0 Å². The highest BCUT2D eigenvalue weighted by Crippen LogP contribution is 1.87. The van der Waals surface area contributed by atoms with Gasteiger partial charge in [-0.1, -0.05) is 12.7 Å². The maximum absolute atomic E-state index is 9.86. The summed E-state index contributed by atoms with van der Waals surface area (Å²) < 4.78 is 0. The zero-order valence-electron chi connectivity index (χ0n) is 8.00. The molecule has 4 nitrogen and oxygen atoms in total. The molecule has 0 amide bonds. The lowest BCUT2D eigenvalue weighted by Crippen LogP contribution is -1.93. The van der Waals surface area contributed by atoms with Crippen LogP contribution >= 0.6 is 0 Å². The van der Waals surface area contributed by atoms with E-state index in [2.05, 4.69) is 6.58 Å². The van der Waals surface area contributed by atoms with Crippen molar-refractivity contribution in [1.29, 1.82) is 0 Å². The minimum Gasteiger partial charge on any atom is -0.478 e. The predicted octanol–water partition coefficient (Wildman–Crippen LogP) is 1.68. The van der Waals surface area contributed by atoms with Gasteiger partial charge in [0.25, 0.3) is 0 Å². The maximum atomic E-state index is 9.86. The summed E-state index contributed by atoms with van der Waals surface area (Å²) in [5, 5.41) is 16.0. The summed E-state index contributed by atoms with van der Waals surface area (Å²) in [5.74, 6) is -1.78. The zero-order valence-corrected chi connectivity index (χ0v) is 8.00. The van der Waals surface area contributed by atoms with Crippen LogP contribution in [0.5, 0.6) is 0 Å². The van der Waals surface area contributed by atoms with Crippen LogP contribution in [-0.4, -0.2) is 22.2 Å². The van der Waals surface area contributed by atoms with Crippen LogP contribution in [0.25, 0.3) is 0 Å². The largest absolute Gasteiger partial charge is 0.478 e. The molecule has 0 aliphatic carbocycles. The number of carbonyl (C=O) groups is 2. The van der Waals surface area contributed by atoms with Crippen molar-refractivity contribution in [3.05, 3.63) is 23.8 Å². The summed E-state index contributed by atoms with van der Waals surface area (Å²) in [6, 6.07) is 0. The van der Waals surface area contributed by atoms with Crippen molar-refractivity contribution >= 4 is 11.9 Å². The highest BCUT2D eigenvalue weighted by atomic mass is 16.4. The Bertz CT molecular complexity index is 226. The van der Waals surface area contributed by atoms with Gasteiger partial charge in [-0.3, -0.25) is 0 Å². The molecule has 4 heteroatoms. The first-order valence-corrected chi connectivity index (χ1v) is 3.58. The number of carboxylic acid groups (broad SMARTS) is 2. The smallest absolute Gasteiger partial charge is 0.330 e. The van der Waals surface area contributed by atoms with E-state index in [9.17, 15) is 9.59 Å². The number of hydrogen-bond acceptors (Lipinski definition) is 2. The average Bonchev–Trinajstić information content (AvgIpc) is 2.03. The van der Waals surface area contributed by atoms with E-state index in [1.54, 1.807) is 19.9 Å². The van der Waals surface area contributed by atoms with Gasteiger partial charge in [0.05, 0.1) is 0 Å². The van der Waals surface area contributed by atoms with Gasteiger partial charge in [0.2, 0.25) is 0 Å². The minimum atomic E-state index is -0.935. The molecule has 0 saturated carbocycles. The van der Waals surface area contributed by atoms with Crippen molar-refractivity contribution in [1.82, 2.24) is 0 Å². The van der Waals surface area contributed by atoms with Crippen molar-refractivity contribution in [3.8, 4) is 0 Å². The first kappa shape index (κ1) is 14.0. The average molecular weight is 186 g/mol. The molecule has 0 spiro atoms. The Labute approximate surface area is 77.2 Å². The van der Waals surface area contributed by atoms with Crippen LogP contribution < -0.4 is 0 Å². The highest BCUT2D eigenvalue weighted by molar-refractivity contribution is 5.85. The zero-order chi connectivity index (χ0) is 11.0. The monoisotopic (exact) mass is 186 g/mol. The molecule has 0 aromatic carbocycles. The van der Waals surface area contributed by atoms with Crippen LogP contribution in [0.1, 0.15) is 20.8 Å². The number of carboxylic acids is 2. The third kappa shape index (κ3) is 10.4. The Balaban J connectivity index is 0. The Morgan fingerprint density at radius 3 is 1.46 bits per heavy atom. The van der Waals surface area contributed by atoms with Gasteiger partial charge in [0, 0.05) is 11.1 Å². The van der Waals surface area contributed by atoms with Crippen molar-refractivity contribution in [2.24, 2.45) is 0 Å². The van der Waals surface area contributed by atoms with E-state index in [1.807, 2.05) is 0 Å². The lowest BCUT2D eigenvalue weighted by atomic mass is 10.3. The molecule has 0 unspecified atom stereocenters. The Kier molecular flexibility index (Phi) is 7.62. The summed E-state index contributed by atoms with van der Waals surface area (Å²) >= 11 is 0. The van der Waals surface area contributed by atoms with E-state index in [0.29, 0.717) is 5.57 Å². The quantitative estimate of drug-likeness (QED) is 0.643. The van der Waals surface area contributed by atoms with Gasteiger partial charge < -0.3 is 10.2 Å². The topological polar surface area (TPSA) is 74.6 Å². The number of allylic oxidation sites excluding steroid dienone is 1. The van der Waals surface area contributed by atoms with Gasteiger partial charge >= 0.3 is 11.9 Å². The van der Waals surface area contributed by atoms with Crippen molar-refractivity contribution in [2.45, 2.75) is 20.8 Å². The molecule has 0 aliphatic rings. The van der Waals surface area contributed by atoms with Gasteiger partial charge in [-0.25, -0.2) is 9.59 Å². The van der Waals surface area contributed by atoms with Crippen LogP contribution in [-0.2, 0) is 9.59 Å². The molecule has 0 atom stereocenters. The lowest BCUT2D eigenvalue weighted by molar-refractivity contribution is -0.133. The van der Waals surface area contributed by atoms with Crippen LogP contribution in [0, 0.1) is 0 Å². The van der Waals surface area contributed by atoms with Crippen molar-refractivity contribution in [2.75, 3.05) is 0 Å². The molecular weight excluding hydrogens is 172 g/mol. The van der Waals surface area contributed by atoms with Crippen molar-refractivity contribution < 1.29 is 19.8 Å². The highest BCUT2D eigenvalue weighted by Gasteiger charge is 1.93. The molecule has 0 rings (SSSR count). The summed E-state index contributed by atoms with van der Waals surface area (Å²) in [7, 11) is 0. The fraction of sp³-hybridized carbons (Fsp3) is 0.333. The van der Waals surface area contributed by atoms with E-state index in [0.717, 1.165) is 0 Å². The third-order valence-electron chi connectivity index (χ3n) is 1.14. The summed E-state index contributed by atoms with van der Waals surface area (Å²) in [6.07, 6.45) is 1.56. The van der Waals surface area contributed by atoms with E-state index >= 15 is 0 Å². The normalized spacial score (nSPS) is 9.62. The second-order valence-corrected chi connectivity index (χ2v) is 2.36. The van der Waals surface area contributed by atoms with Gasteiger partial charge in [-0.2, -0.15) is 0 Å². The van der Waals surface area contributed by atoms with Gasteiger partial charge in [0.1, 0.15) is 0 Å². The van der Waals surface area contributed by atoms with Crippen LogP contribution in [0.3, 0.4) is 0 Å². The molecule has 2 N–H and O–H groups in total. The molecule has 0 fully saturated rings. The first-order valence-electron chi connectivity index (χ1n) is 3.58. The third-order valence-corrected chi connectivity index (χ3v) is 1.14. The standard InChI is InChI=1S/C5H8O2.C4H6O2/c1-3-4(2)5(6)7;1-3(2)4(5)6/h3H,1-2H3,(H,6,7);1H2,2H3,(H,5,6). The molecule has 0 aromatic rings. The molecule has 13 heavy (non-hydrogen) atoms. The Morgan fingerprint density at radius 2 is 1.46 bits per heavy atom. The SMILES string of the molecule is C=C(C)C(=O)O.CC=C(C)C(=O)O. The Morgan fingerprint density at radius 1 is 1.15 bits per heavy atom. The molecule has 0 radical (unpaired) electrons. The number of hydrogen-bond donors (Lipinski definition) is 2. The van der Waals surface area contributed by atoms with E-state index in [4.69, 9.17) is 10.2 Å². The van der Waals surface area contributed by atoms with Gasteiger partial charge in [-0.15, -0.1) is 0 Å². The van der Waals surface area contributed by atoms with Crippen LogP contribution in [0.4, 0.5) is 0 Å². The Hall–Kier alpha value is -1.58. The second kappa shape index (κ2) is 7.09. The van der Waals surface area contributed by atoms with Gasteiger partial charge in [0.15, 0.2) is 0 Å². The molecule has 0 heterocycles. The van der Waals surface area contributed by atoms with E-state index < -0.39 is 11.9 Å². The first-order chi connectivity index (χ1) is 5.82. The summed E-state index contributed by atoms with van der Waals surface area (Å²) in [6.45, 7) is 7.86. The molecule has 0 aliphatic heterocycles. The molecule has 0 bridgehead atoms. The molecular formula is C9H14O4. The number of rotatable bonds is 2. The molecule has 74 valence electrons. The minimum absolute atomic E-state index is 0.176. The molecule has 0 saturated heterocycles. The lowest BCUT2D eigenvalue weighted by Gasteiger charge is -1.84. The van der Waals surface area contributed by atoms with Crippen LogP contribution in [0.2, 0.25) is 0 Å². The number of aliphatic carboxylic acids is 2. The van der Waals surface area contributed by atoms with E-state index in [1.165, 1.54) is 6.92 Å². The van der Waals surface area contributed by atoms with E-state index in [-0.39, 0.29) is 5.57 Å². The predicted molar refractivity (Wildman–Crippen MR) is 49.5 cm³/mol. The summed E-state index contributed by atoms with van der Waals surface area (Å²) in [5.41, 5.74) is 0.565. The van der Waals surface area contributed by atoms with Gasteiger partial charge in [-0.05, 0) is 20.8 Å². The molecule has 0 aromatic heterocycles.